The maximum Gasteiger partial charge on any atom is 0.266 e. The molecule has 0 fully saturated rings. The lowest BCUT2D eigenvalue weighted by Gasteiger charge is -2.17. The largest absolute Gasteiger partial charge is 0.325 e. The summed E-state index contributed by atoms with van der Waals surface area (Å²) in [4.78, 5) is 31.1. The zero-order chi connectivity index (χ0) is 23.5. The van der Waals surface area contributed by atoms with Gasteiger partial charge in [-0.05, 0) is 60.7 Å². The highest BCUT2D eigenvalue weighted by atomic mass is 32.2. The second kappa shape index (κ2) is 9.63. The maximum atomic E-state index is 13.5. The Bertz CT molecular complexity index is 1390. The quantitative estimate of drug-likeness (QED) is 0.291. The number of amides is 1. The summed E-state index contributed by atoms with van der Waals surface area (Å²) in [6, 6.07) is 21.0. The zero-order valence-electron chi connectivity index (χ0n) is 19.3. The van der Waals surface area contributed by atoms with E-state index in [1.807, 2.05) is 74.5 Å². The van der Waals surface area contributed by atoms with Crippen molar-refractivity contribution in [1.82, 2.24) is 9.55 Å². The third kappa shape index (κ3) is 4.71. The molecule has 0 aliphatic heterocycles. The molecule has 1 heterocycles. The average Bonchev–Trinajstić information content (AvgIpc) is 2.80. The van der Waals surface area contributed by atoms with E-state index in [1.54, 1.807) is 10.6 Å². The Labute approximate surface area is 197 Å². The van der Waals surface area contributed by atoms with Crippen molar-refractivity contribution in [2.75, 3.05) is 11.1 Å². The van der Waals surface area contributed by atoms with Gasteiger partial charge in [0.05, 0.1) is 22.3 Å². The topological polar surface area (TPSA) is 64.0 Å². The molecule has 0 saturated heterocycles. The molecule has 1 aromatic heterocycles. The number of hydrogen-bond donors (Lipinski definition) is 1. The van der Waals surface area contributed by atoms with Gasteiger partial charge in [0.2, 0.25) is 5.91 Å². The molecule has 0 aliphatic rings. The smallest absolute Gasteiger partial charge is 0.266 e. The molecule has 5 nitrogen and oxygen atoms in total. The highest BCUT2D eigenvalue weighted by Gasteiger charge is 2.17. The minimum Gasteiger partial charge on any atom is -0.325 e. The summed E-state index contributed by atoms with van der Waals surface area (Å²) in [5, 5.41) is 4.07. The number of nitrogens with zero attached hydrogens (tertiary/aromatic N) is 2. The highest BCUT2D eigenvalue weighted by molar-refractivity contribution is 7.99. The van der Waals surface area contributed by atoms with Crippen LogP contribution >= 0.6 is 11.8 Å². The molecule has 1 N–H and O–H groups in total. The van der Waals surface area contributed by atoms with Gasteiger partial charge >= 0.3 is 0 Å². The van der Waals surface area contributed by atoms with Gasteiger partial charge in [0, 0.05) is 5.69 Å². The standard InChI is InChI=1S/C27H27N3O2S/c1-17(2)20-11-5-7-13-22(20)28-25(31)16-33-27-29-23-14-8-6-12-21(23)26(32)30(27)24-15-9-10-18(3)19(24)4/h5-15,17H,16H2,1-4H3,(H,28,31). The van der Waals surface area contributed by atoms with Gasteiger partial charge < -0.3 is 5.32 Å². The SMILES string of the molecule is Cc1cccc(-n2c(SCC(=O)Nc3ccccc3C(C)C)nc3ccccc3c2=O)c1C. The number of nitrogens with one attached hydrogen (secondary N) is 1. The first-order valence-corrected chi connectivity index (χ1v) is 12.0. The van der Waals surface area contributed by atoms with E-state index in [-0.39, 0.29) is 17.2 Å². The molecule has 6 heteroatoms. The molecule has 0 saturated carbocycles. The zero-order valence-corrected chi connectivity index (χ0v) is 20.1. The number of hydrogen-bond acceptors (Lipinski definition) is 4. The third-order valence-electron chi connectivity index (χ3n) is 5.75. The molecule has 1 amide bonds. The predicted molar refractivity (Wildman–Crippen MR) is 137 cm³/mol. The lowest BCUT2D eigenvalue weighted by atomic mass is 10.0. The van der Waals surface area contributed by atoms with E-state index in [9.17, 15) is 9.59 Å². The highest BCUT2D eigenvalue weighted by Crippen LogP contribution is 2.26. The van der Waals surface area contributed by atoms with E-state index in [0.717, 1.165) is 28.1 Å². The van der Waals surface area contributed by atoms with Crippen molar-refractivity contribution in [2.24, 2.45) is 0 Å². The first-order chi connectivity index (χ1) is 15.9. The minimum absolute atomic E-state index is 0.136. The second-order valence-corrected chi connectivity index (χ2v) is 9.29. The summed E-state index contributed by atoms with van der Waals surface area (Å²) in [7, 11) is 0. The van der Waals surface area contributed by atoms with Crippen molar-refractivity contribution in [1.29, 1.82) is 0 Å². The van der Waals surface area contributed by atoms with E-state index >= 15 is 0 Å². The molecule has 0 radical (unpaired) electrons. The Morgan fingerprint density at radius 1 is 1.00 bits per heavy atom. The van der Waals surface area contributed by atoms with E-state index in [1.165, 1.54) is 11.8 Å². The number of thioether (sulfide) groups is 1. The number of benzene rings is 3. The number of fused-ring (bicyclic) bond motifs is 1. The number of carbonyl (C=O) groups excluding carboxylic acids is 1. The van der Waals surface area contributed by atoms with E-state index in [2.05, 4.69) is 19.2 Å². The molecule has 0 atom stereocenters. The number of rotatable bonds is 6. The monoisotopic (exact) mass is 457 g/mol. The fraction of sp³-hybridized carbons (Fsp3) is 0.222. The second-order valence-electron chi connectivity index (χ2n) is 8.35. The van der Waals surface area contributed by atoms with Gasteiger partial charge in [-0.3, -0.25) is 14.2 Å². The first kappa shape index (κ1) is 22.8. The van der Waals surface area contributed by atoms with Crippen LogP contribution in [0.2, 0.25) is 0 Å². The Hall–Kier alpha value is -3.38. The molecular formula is C27H27N3O2S. The molecular weight excluding hydrogens is 430 g/mol. The van der Waals surface area contributed by atoms with Gasteiger partial charge in [0.1, 0.15) is 0 Å². The van der Waals surface area contributed by atoms with Gasteiger partial charge in [-0.15, -0.1) is 0 Å². The molecule has 4 rings (SSSR count). The lowest BCUT2D eigenvalue weighted by Crippen LogP contribution is -2.24. The van der Waals surface area contributed by atoms with Crippen molar-refractivity contribution >= 4 is 34.3 Å². The summed E-state index contributed by atoms with van der Waals surface area (Å²) < 4.78 is 1.63. The van der Waals surface area contributed by atoms with Gasteiger partial charge in [-0.2, -0.15) is 0 Å². The summed E-state index contributed by atoms with van der Waals surface area (Å²) in [6.07, 6.45) is 0. The predicted octanol–water partition coefficient (Wildman–Crippen LogP) is 5.86. The summed E-state index contributed by atoms with van der Waals surface area (Å²) in [6.45, 7) is 8.21. The van der Waals surface area contributed by atoms with Crippen LogP contribution in [0.25, 0.3) is 16.6 Å². The van der Waals surface area contributed by atoms with Crippen LogP contribution in [0.1, 0.15) is 36.5 Å². The minimum atomic E-state index is -0.137. The van der Waals surface area contributed by atoms with Crippen LogP contribution in [-0.4, -0.2) is 21.2 Å². The molecule has 168 valence electrons. The third-order valence-corrected chi connectivity index (χ3v) is 6.69. The Morgan fingerprint density at radius 2 is 1.73 bits per heavy atom. The summed E-state index contributed by atoms with van der Waals surface area (Å²) >= 11 is 1.27. The Morgan fingerprint density at radius 3 is 2.52 bits per heavy atom. The number of carbonyl (C=O) groups is 1. The van der Waals surface area contributed by atoms with Crippen LogP contribution < -0.4 is 10.9 Å². The summed E-state index contributed by atoms with van der Waals surface area (Å²) in [5.41, 5.74) is 5.27. The fourth-order valence-corrected chi connectivity index (χ4v) is 4.64. The van der Waals surface area contributed by atoms with Crippen LogP contribution in [0.5, 0.6) is 0 Å². The molecule has 3 aromatic carbocycles. The van der Waals surface area contributed by atoms with Crippen LogP contribution in [0.15, 0.2) is 76.7 Å². The molecule has 0 spiro atoms. The van der Waals surface area contributed by atoms with Crippen LogP contribution in [0.4, 0.5) is 5.69 Å². The number of para-hydroxylation sites is 2. The Kier molecular flexibility index (Phi) is 6.65. The normalized spacial score (nSPS) is 11.2. The first-order valence-electron chi connectivity index (χ1n) is 11.0. The van der Waals surface area contributed by atoms with Crippen molar-refractivity contribution < 1.29 is 4.79 Å². The molecule has 0 aliphatic carbocycles. The van der Waals surface area contributed by atoms with Gasteiger partial charge in [-0.25, -0.2) is 4.98 Å². The number of anilines is 1. The van der Waals surface area contributed by atoms with Crippen LogP contribution in [-0.2, 0) is 4.79 Å². The van der Waals surface area contributed by atoms with E-state index in [0.29, 0.717) is 22.0 Å². The lowest BCUT2D eigenvalue weighted by molar-refractivity contribution is -0.113. The maximum absolute atomic E-state index is 13.5. The van der Waals surface area contributed by atoms with Gasteiger partial charge in [0.25, 0.3) is 5.56 Å². The van der Waals surface area contributed by atoms with Crippen LogP contribution in [0, 0.1) is 13.8 Å². The number of aromatic nitrogens is 2. The number of aryl methyl sites for hydroxylation is 1. The van der Waals surface area contributed by atoms with Crippen molar-refractivity contribution in [3.05, 3.63) is 93.8 Å². The van der Waals surface area contributed by atoms with Crippen molar-refractivity contribution in [3.8, 4) is 5.69 Å². The van der Waals surface area contributed by atoms with Crippen molar-refractivity contribution in [3.63, 3.8) is 0 Å². The fourth-order valence-electron chi connectivity index (χ4n) is 3.83. The van der Waals surface area contributed by atoms with Gasteiger partial charge in [-0.1, -0.05) is 68.1 Å². The van der Waals surface area contributed by atoms with Crippen LogP contribution in [0.3, 0.4) is 0 Å². The van der Waals surface area contributed by atoms with E-state index < -0.39 is 0 Å². The molecule has 0 unspecified atom stereocenters. The summed E-state index contributed by atoms with van der Waals surface area (Å²) in [5.74, 6) is 0.302. The van der Waals surface area contributed by atoms with E-state index in [4.69, 9.17) is 4.98 Å². The average molecular weight is 458 g/mol. The molecule has 4 aromatic rings. The van der Waals surface area contributed by atoms with Gasteiger partial charge in [0.15, 0.2) is 5.16 Å². The Balaban J connectivity index is 1.70. The van der Waals surface area contributed by atoms with Crippen molar-refractivity contribution in [2.45, 2.75) is 38.8 Å². The molecule has 33 heavy (non-hydrogen) atoms. The molecule has 0 bridgehead atoms.